The molecule has 0 aliphatic rings. The summed E-state index contributed by atoms with van der Waals surface area (Å²) < 4.78 is 44.1. The molecule has 0 atom stereocenters. The molecule has 2 aromatic rings. The van der Waals surface area contributed by atoms with E-state index in [4.69, 9.17) is 10.5 Å². The summed E-state index contributed by atoms with van der Waals surface area (Å²) in [6.07, 6.45) is -4.57. The molecule has 0 fully saturated rings. The van der Waals surface area contributed by atoms with E-state index < -0.39 is 11.9 Å². The average molecular weight is 312 g/mol. The van der Waals surface area contributed by atoms with E-state index in [0.29, 0.717) is 11.3 Å². The van der Waals surface area contributed by atoms with Crippen molar-refractivity contribution in [3.05, 3.63) is 36.0 Å². The lowest BCUT2D eigenvalue weighted by atomic mass is 10.1. The summed E-state index contributed by atoms with van der Waals surface area (Å²) in [7, 11) is 1.44. The summed E-state index contributed by atoms with van der Waals surface area (Å²) in [5.74, 6) is 0.306. The highest BCUT2D eigenvalue weighted by Gasteiger charge is 2.34. The average Bonchev–Trinajstić information content (AvgIpc) is 2.51. The molecule has 3 N–H and O–H groups in total. The quantitative estimate of drug-likeness (QED) is 0.887. The number of benzene rings is 1. The van der Waals surface area contributed by atoms with Crippen LogP contribution in [-0.2, 0) is 6.18 Å². The van der Waals surface area contributed by atoms with Crippen LogP contribution in [0.15, 0.2) is 30.3 Å². The zero-order valence-corrected chi connectivity index (χ0v) is 11.8. The molecule has 118 valence electrons. The molecule has 0 amide bonds. The van der Waals surface area contributed by atoms with E-state index in [1.807, 2.05) is 0 Å². The van der Waals surface area contributed by atoms with Crippen molar-refractivity contribution in [2.75, 3.05) is 25.5 Å². The van der Waals surface area contributed by atoms with Crippen molar-refractivity contribution in [2.45, 2.75) is 6.18 Å². The highest BCUT2D eigenvalue weighted by molar-refractivity contribution is 5.68. The van der Waals surface area contributed by atoms with Crippen LogP contribution in [0.2, 0.25) is 0 Å². The Bertz CT molecular complexity index is 646. The first kappa shape index (κ1) is 16.0. The summed E-state index contributed by atoms with van der Waals surface area (Å²) in [6, 6.07) is 7.60. The molecule has 2 rings (SSSR count). The highest BCUT2D eigenvalue weighted by Crippen LogP contribution is 2.34. The van der Waals surface area contributed by atoms with Crippen molar-refractivity contribution in [1.29, 1.82) is 0 Å². The van der Waals surface area contributed by atoms with Crippen LogP contribution in [0, 0.1) is 0 Å². The van der Waals surface area contributed by atoms with Crippen molar-refractivity contribution in [1.82, 2.24) is 9.97 Å². The first-order chi connectivity index (χ1) is 10.5. The molecule has 0 aliphatic heterocycles. The van der Waals surface area contributed by atoms with Gasteiger partial charge in [0.25, 0.3) is 0 Å². The topological polar surface area (TPSA) is 73.1 Å². The Hall–Kier alpha value is -2.35. The molecule has 0 radical (unpaired) electrons. The van der Waals surface area contributed by atoms with Gasteiger partial charge in [0.05, 0.1) is 12.8 Å². The molecular formula is C14H15F3N4O. The van der Waals surface area contributed by atoms with Crippen molar-refractivity contribution in [3.8, 4) is 17.0 Å². The minimum absolute atomic E-state index is 0.124. The van der Waals surface area contributed by atoms with Gasteiger partial charge >= 0.3 is 6.18 Å². The maximum Gasteiger partial charge on any atom is 0.433 e. The van der Waals surface area contributed by atoms with Crippen LogP contribution in [-0.4, -0.2) is 30.2 Å². The fraction of sp³-hybridized carbons (Fsp3) is 0.286. The van der Waals surface area contributed by atoms with Crippen LogP contribution in [0.25, 0.3) is 11.3 Å². The van der Waals surface area contributed by atoms with Gasteiger partial charge in [-0.15, -0.1) is 0 Å². The fourth-order valence-electron chi connectivity index (χ4n) is 1.85. The second kappa shape index (κ2) is 6.61. The first-order valence-corrected chi connectivity index (χ1v) is 6.49. The lowest BCUT2D eigenvalue weighted by Gasteiger charge is -2.13. The number of nitrogens with one attached hydrogen (secondary N) is 1. The highest BCUT2D eigenvalue weighted by atomic mass is 19.4. The Morgan fingerprint density at radius 3 is 2.59 bits per heavy atom. The number of rotatable bonds is 5. The van der Waals surface area contributed by atoms with Gasteiger partial charge in [-0.05, 0) is 18.2 Å². The monoisotopic (exact) mass is 312 g/mol. The largest absolute Gasteiger partial charge is 0.496 e. The number of alkyl halides is 3. The zero-order valence-electron chi connectivity index (χ0n) is 11.8. The van der Waals surface area contributed by atoms with Crippen LogP contribution in [0.3, 0.4) is 0 Å². The third-order valence-electron chi connectivity index (χ3n) is 2.83. The van der Waals surface area contributed by atoms with Crippen LogP contribution in [0.4, 0.5) is 19.1 Å². The van der Waals surface area contributed by atoms with Crippen molar-refractivity contribution in [3.63, 3.8) is 0 Å². The van der Waals surface area contributed by atoms with Crippen molar-refractivity contribution < 1.29 is 17.9 Å². The molecule has 1 aromatic carbocycles. The summed E-state index contributed by atoms with van der Waals surface area (Å²) in [6.45, 7) is 0.524. The number of ether oxygens (including phenoxy) is 1. The predicted molar refractivity (Wildman–Crippen MR) is 76.6 cm³/mol. The molecule has 0 unspecified atom stereocenters. The van der Waals surface area contributed by atoms with Gasteiger partial charge < -0.3 is 15.8 Å². The van der Waals surface area contributed by atoms with Gasteiger partial charge in [0, 0.05) is 18.7 Å². The smallest absolute Gasteiger partial charge is 0.433 e. The number of methoxy groups -OCH3 is 1. The van der Waals surface area contributed by atoms with Gasteiger partial charge in [-0.1, -0.05) is 12.1 Å². The van der Waals surface area contributed by atoms with Crippen LogP contribution in [0.1, 0.15) is 5.69 Å². The summed E-state index contributed by atoms with van der Waals surface area (Å²) in [5.41, 5.74) is 4.89. The third kappa shape index (κ3) is 3.64. The molecule has 0 spiro atoms. The second-order valence-corrected chi connectivity index (χ2v) is 4.38. The van der Waals surface area contributed by atoms with E-state index >= 15 is 0 Å². The Labute approximate surface area is 125 Å². The molecule has 0 saturated heterocycles. The summed E-state index contributed by atoms with van der Waals surface area (Å²) in [4.78, 5) is 7.59. The van der Waals surface area contributed by atoms with Crippen LogP contribution < -0.4 is 15.8 Å². The minimum atomic E-state index is -4.57. The van der Waals surface area contributed by atoms with E-state index in [1.54, 1.807) is 24.3 Å². The number of hydrogen-bond acceptors (Lipinski definition) is 5. The van der Waals surface area contributed by atoms with Gasteiger partial charge in [-0.3, -0.25) is 0 Å². The number of para-hydroxylation sites is 1. The SMILES string of the molecule is COc1ccccc1-c1cc(C(F)(F)F)nc(NCCN)n1. The lowest BCUT2D eigenvalue weighted by molar-refractivity contribution is -0.141. The number of hydrogen-bond donors (Lipinski definition) is 2. The summed E-state index contributed by atoms with van der Waals surface area (Å²) >= 11 is 0. The molecule has 5 nitrogen and oxygen atoms in total. The normalized spacial score (nSPS) is 11.3. The fourth-order valence-corrected chi connectivity index (χ4v) is 1.85. The Morgan fingerprint density at radius 1 is 1.23 bits per heavy atom. The standard InChI is InChI=1S/C14H15F3N4O/c1-22-11-5-3-2-4-9(11)10-8-12(14(15,16)17)21-13(20-10)19-7-6-18/h2-5,8H,6-7,18H2,1H3,(H,19,20,21). The maximum atomic E-state index is 13.0. The van der Waals surface area contributed by atoms with Gasteiger partial charge in [0.15, 0.2) is 5.69 Å². The number of nitrogens with zero attached hydrogens (tertiary/aromatic N) is 2. The lowest BCUT2D eigenvalue weighted by Crippen LogP contribution is -2.17. The Balaban J connectivity index is 2.54. The van der Waals surface area contributed by atoms with E-state index in [1.165, 1.54) is 7.11 Å². The van der Waals surface area contributed by atoms with Crippen molar-refractivity contribution in [2.24, 2.45) is 5.73 Å². The Kier molecular flexibility index (Phi) is 4.81. The molecule has 1 heterocycles. The van der Waals surface area contributed by atoms with Gasteiger partial charge in [-0.25, -0.2) is 9.97 Å². The zero-order chi connectivity index (χ0) is 16.2. The second-order valence-electron chi connectivity index (χ2n) is 4.38. The first-order valence-electron chi connectivity index (χ1n) is 6.49. The predicted octanol–water partition coefficient (Wildman–Crippen LogP) is 2.54. The molecule has 0 aliphatic carbocycles. The number of aromatic nitrogens is 2. The Morgan fingerprint density at radius 2 is 1.95 bits per heavy atom. The third-order valence-corrected chi connectivity index (χ3v) is 2.83. The van der Waals surface area contributed by atoms with E-state index in [9.17, 15) is 13.2 Å². The summed E-state index contributed by atoms with van der Waals surface area (Å²) in [5, 5.41) is 2.67. The van der Waals surface area contributed by atoms with Gasteiger partial charge in [-0.2, -0.15) is 13.2 Å². The minimum Gasteiger partial charge on any atom is -0.496 e. The van der Waals surface area contributed by atoms with Gasteiger partial charge in [0.1, 0.15) is 5.75 Å². The number of nitrogens with two attached hydrogens (primary N) is 1. The van der Waals surface area contributed by atoms with E-state index in [-0.39, 0.29) is 24.7 Å². The molecule has 0 saturated carbocycles. The van der Waals surface area contributed by atoms with Crippen LogP contribution in [0.5, 0.6) is 5.75 Å². The molecule has 22 heavy (non-hydrogen) atoms. The maximum absolute atomic E-state index is 13.0. The molecule has 0 bridgehead atoms. The van der Waals surface area contributed by atoms with E-state index in [2.05, 4.69) is 15.3 Å². The molecule has 8 heteroatoms. The van der Waals surface area contributed by atoms with Crippen molar-refractivity contribution >= 4 is 5.95 Å². The van der Waals surface area contributed by atoms with Crippen LogP contribution >= 0.6 is 0 Å². The molecule has 1 aromatic heterocycles. The number of anilines is 1. The number of halogens is 3. The van der Waals surface area contributed by atoms with E-state index in [0.717, 1.165) is 6.07 Å². The van der Waals surface area contributed by atoms with Gasteiger partial charge in [0.2, 0.25) is 5.95 Å². The molecular weight excluding hydrogens is 297 g/mol.